The van der Waals surface area contributed by atoms with Crippen LogP contribution in [0.2, 0.25) is 0 Å². The van der Waals surface area contributed by atoms with Gasteiger partial charge in [-0.3, -0.25) is 14.4 Å². The molecule has 4 rings (SSSR count). The van der Waals surface area contributed by atoms with Gasteiger partial charge in [-0.1, -0.05) is 26.0 Å². The number of halogens is 1. The van der Waals surface area contributed by atoms with Crippen LogP contribution in [0, 0.1) is 17.1 Å². The predicted octanol–water partition coefficient (Wildman–Crippen LogP) is 3.84. The lowest BCUT2D eigenvalue weighted by molar-refractivity contribution is 0.101. The molecule has 0 saturated carbocycles. The van der Waals surface area contributed by atoms with Crippen molar-refractivity contribution in [3.05, 3.63) is 58.3 Å². The lowest BCUT2D eigenvalue weighted by atomic mass is 9.96. The first kappa shape index (κ1) is 23.0. The minimum absolute atomic E-state index is 0.0842. The minimum Gasteiger partial charge on any atom is -0.364 e. The Morgan fingerprint density at radius 2 is 1.88 bits per heavy atom. The maximum Gasteiger partial charge on any atom is 0.252 e. The summed E-state index contributed by atoms with van der Waals surface area (Å²) in [5, 5.41) is 13.8. The summed E-state index contributed by atoms with van der Waals surface area (Å²) in [5.41, 5.74) is 3.34. The number of rotatable bonds is 6. The molecule has 1 aliphatic heterocycles. The summed E-state index contributed by atoms with van der Waals surface area (Å²) >= 11 is 0. The second kappa shape index (κ2) is 9.36. The Labute approximate surface area is 193 Å². The van der Waals surface area contributed by atoms with Crippen molar-refractivity contribution in [3.8, 4) is 6.07 Å². The van der Waals surface area contributed by atoms with E-state index in [2.05, 4.69) is 41.7 Å². The van der Waals surface area contributed by atoms with Crippen LogP contribution in [-0.2, 0) is 13.6 Å². The van der Waals surface area contributed by atoms with E-state index in [1.165, 1.54) is 12.1 Å². The number of aromatic nitrogens is 3. The molecule has 1 saturated heterocycles. The number of hydrogen-bond acceptors (Lipinski definition) is 5. The third-order valence-corrected chi connectivity index (χ3v) is 7.01. The normalized spacial score (nSPS) is 20.2. The molecule has 0 radical (unpaired) electrons. The van der Waals surface area contributed by atoms with E-state index in [1.54, 1.807) is 28.6 Å². The van der Waals surface area contributed by atoms with Crippen molar-refractivity contribution in [2.45, 2.75) is 58.3 Å². The van der Waals surface area contributed by atoms with Gasteiger partial charge in [-0.05, 0) is 37.5 Å². The number of hydrogen-bond donors (Lipinski definition) is 0. The SMILES string of the molecule is CC[C@H]1CN(C(C)c2ccc(F)cc2)[C@H](CC)CN1c1cc(=O)n(C)c2cn(CC#N)nc12. The molecule has 2 aromatic heterocycles. The maximum absolute atomic E-state index is 13.5. The molecule has 1 unspecified atom stereocenters. The monoisotopic (exact) mass is 450 g/mol. The Kier molecular flexibility index (Phi) is 6.52. The molecule has 174 valence electrons. The number of nitrogens with zero attached hydrogens (tertiary/aromatic N) is 6. The van der Waals surface area contributed by atoms with Crippen molar-refractivity contribution in [1.29, 1.82) is 5.26 Å². The van der Waals surface area contributed by atoms with E-state index in [0.717, 1.165) is 48.2 Å². The molecule has 0 bridgehead atoms. The highest BCUT2D eigenvalue weighted by Crippen LogP contribution is 2.34. The summed E-state index contributed by atoms with van der Waals surface area (Å²) in [5.74, 6) is -0.222. The third kappa shape index (κ3) is 4.25. The quantitative estimate of drug-likeness (QED) is 0.571. The Balaban J connectivity index is 1.72. The van der Waals surface area contributed by atoms with E-state index in [9.17, 15) is 9.18 Å². The zero-order chi connectivity index (χ0) is 23.7. The van der Waals surface area contributed by atoms with Crippen LogP contribution in [0.15, 0.2) is 41.3 Å². The summed E-state index contributed by atoms with van der Waals surface area (Å²) in [6.45, 7) is 8.27. The highest BCUT2D eigenvalue weighted by molar-refractivity contribution is 5.88. The number of anilines is 1. The van der Waals surface area contributed by atoms with Gasteiger partial charge >= 0.3 is 0 Å². The van der Waals surface area contributed by atoms with Crippen LogP contribution in [-0.4, -0.2) is 44.4 Å². The zero-order valence-corrected chi connectivity index (χ0v) is 19.7. The Morgan fingerprint density at radius 3 is 2.52 bits per heavy atom. The Morgan fingerprint density at radius 1 is 1.18 bits per heavy atom. The number of fused-ring (bicyclic) bond motifs is 1. The first-order chi connectivity index (χ1) is 15.9. The topological polar surface area (TPSA) is 70.1 Å². The predicted molar refractivity (Wildman–Crippen MR) is 128 cm³/mol. The lowest BCUT2D eigenvalue weighted by Crippen LogP contribution is -2.58. The highest BCUT2D eigenvalue weighted by atomic mass is 19.1. The average molecular weight is 451 g/mol. The van der Waals surface area contributed by atoms with Crippen LogP contribution in [0.4, 0.5) is 10.1 Å². The standard InChI is InChI=1S/C25H31FN6O/c1-5-20-15-32(21(6-2)14-31(20)17(3)18-7-9-19(26)10-8-18)22-13-24(33)29(4)23-16-30(12-11-27)28-25(22)23/h7-10,13,16-17,20-21H,5-6,12,14-15H2,1-4H3/t17?,20-,21+/m1/s1. The zero-order valence-electron chi connectivity index (χ0n) is 19.7. The molecular formula is C25H31FN6O. The van der Waals surface area contributed by atoms with Crippen LogP contribution in [0.1, 0.15) is 45.2 Å². The van der Waals surface area contributed by atoms with Gasteiger partial charge in [0.15, 0.2) is 0 Å². The van der Waals surface area contributed by atoms with Crippen molar-refractivity contribution in [2.24, 2.45) is 7.05 Å². The molecule has 8 heteroatoms. The van der Waals surface area contributed by atoms with Gasteiger partial charge in [-0.2, -0.15) is 10.4 Å². The number of nitriles is 1. The van der Waals surface area contributed by atoms with Crippen molar-refractivity contribution in [2.75, 3.05) is 18.0 Å². The van der Waals surface area contributed by atoms with Crippen LogP contribution in [0.3, 0.4) is 0 Å². The smallest absolute Gasteiger partial charge is 0.252 e. The molecule has 7 nitrogen and oxygen atoms in total. The van der Waals surface area contributed by atoms with E-state index < -0.39 is 0 Å². The summed E-state index contributed by atoms with van der Waals surface area (Å²) in [7, 11) is 1.74. The fourth-order valence-corrected chi connectivity index (χ4v) is 5.00. The number of benzene rings is 1. The Bertz CT molecular complexity index is 1220. The number of piperazine rings is 1. The fourth-order valence-electron chi connectivity index (χ4n) is 5.00. The van der Waals surface area contributed by atoms with Crippen molar-refractivity contribution in [1.82, 2.24) is 19.2 Å². The van der Waals surface area contributed by atoms with E-state index in [0.29, 0.717) is 0 Å². The molecule has 1 aliphatic rings. The number of aryl methyl sites for hydroxylation is 1. The summed E-state index contributed by atoms with van der Waals surface area (Å²) in [4.78, 5) is 17.6. The molecule has 0 spiro atoms. The molecule has 3 atom stereocenters. The van der Waals surface area contributed by atoms with E-state index in [4.69, 9.17) is 5.26 Å². The van der Waals surface area contributed by atoms with Crippen LogP contribution in [0.25, 0.3) is 11.0 Å². The summed E-state index contributed by atoms with van der Waals surface area (Å²) < 4.78 is 16.6. The molecule has 1 fully saturated rings. The van der Waals surface area contributed by atoms with E-state index >= 15 is 0 Å². The van der Waals surface area contributed by atoms with Crippen LogP contribution in [0.5, 0.6) is 0 Å². The Hall–Kier alpha value is -3.18. The summed E-state index contributed by atoms with van der Waals surface area (Å²) in [6.07, 6.45) is 3.64. The van der Waals surface area contributed by atoms with Crippen molar-refractivity contribution in [3.63, 3.8) is 0 Å². The molecule has 0 aliphatic carbocycles. The molecule has 1 aromatic carbocycles. The van der Waals surface area contributed by atoms with Crippen molar-refractivity contribution < 1.29 is 4.39 Å². The van der Waals surface area contributed by atoms with Gasteiger partial charge in [0.25, 0.3) is 5.56 Å². The molecule has 0 amide bonds. The van der Waals surface area contributed by atoms with Gasteiger partial charge in [-0.15, -0.1) is 0 Å². The molecule has 3 heterocycles. The first-order valence-electron chi connectivity index (χ1n) is 11.6. The first-order valence-corrected chi connectivity index (χ1v) is 11.6. The second-order valence-corrected chi connectivity index (χ2v) is 8.85. The van der Waals surface area contributed by atoms with E-state index in [1.807, 2.05) is 12.1 Å². The molecular weight excluding hydrogens is 419 g/mol. The largest absolute Gasteiger partial charge is 0.364 e. The van der Waals surface area contributed by atoms with Gasteiger partial charge in [0.1, 0.15) is 17.9 Å². The fraction of sp³-hybridized carbons (Fsp3) is 0.480. The highest BCUT2D eigenvalue weighted by Gasteiger charge is 2.36. The van der Waals surface area contributed by atoms with Crippen LogP contribution < -0.4 is 10.5 Å². The van der Waals surface area contributed by atoms with Gasteiger partial charge in [0, 0.05) is 44.3 Å². The molecule has 33 heavy (non-hydrogen) atoms. The summed E-state index contributed by atoms with van der Waals surface area (Å²) in [6, 6.07) is 11.2. The molecule has 3 aromatic rings. The molecule has 0 N–H and O–H groups in total. The van der Waals surface area contributed by atoms with Crippen LogP contribution >= 0.6 is 0 Å². The van der Waals surface area contributed by atoms with Gasteiger partial charge in [-0.25, -0.2) is 4.39 Å². The second-order valence-electron chi connectivity index (χ2n) is 8.85. The van der Waals surface area contributed by atoms with Gasteiger partial charge in [0.2, 0.25) is 0 Å². The van der Waals surface area contributed by atoms with Gasteiger partial charge in [0.05, 0.1) is 23.5 Å². The lowest BCUT2D eigenvalue weighted by Gasteiger charge is -2.49. The number of pyridine rings is 1. The minimum atomic E-state index is -0.222. The van der Waals surface area contributed by atoms with Gasteiger partial charge < -0.3 is 9.47 Å². The average Bonchev–Trinajstić information content (AvgIpc) is 3.25. The van der Waals surface area contributed by atoms with E-state index in [-0.39, 0.29) is 36.0 Å². The maximum atomic E-state index is 13.5. The van der Waals surface area contributed by atoms with Crippen molar-refractivity contribution >= 4 is 16.7 Å². The third-order valence-electron chi connectivity index (χ3n) is 7.01.